The standard InChI is InChI=1S/C15H27N2O3PS2/c1-6-9-22-21(18,20-8-3)23-11-13-10-14(19-7-2)17-15(16-13)12(4)5/h10,12H,6-9,11H2,1-5H3. The van der Waals surface area contributed by atoms with Crippen LogP contribution in [0.4, 0.5) is 0 Å². The highest BCUT2D eigenvalue weighted by Gasteiger charge is 2.24. The maximum absolute atomic E-state index is 12.8. The Bertz CT molecular complexity index is 529. The van der Waals surface area contributed by atoms with E-state index in [0.717, 1.165) is 23.7 Å². The minimum atomic E-state index is -2.74. The van der Waals surface area contributed by atoms with Crippen LogP contribution in [0, 0.1) is 0 Å². The highest BCUT2D eigenvalue weighted by Crippen LogP contribution is 2.70. The Morgan fingerprint density at radius 1 is 1.17 bits per heavy atom. The second-order valence-corrected chi connectivity index (χ2v) is 12.6. The quantitative estimate of drug-likeness (QED) is 0.470. The van der Waals surface area contributed by atoms with Gasteiger partial charge in [0.05, 0.1) is 18.9 Å². The number of nitrogens with zero attached hydrogens (tertiary/aromatic N) is 2. The number of ether oxygens (including phenoxy) is 1. The monoisotopic (exact) mass is 378 g/mol. The Labute approximate surface area is 147 Å². The van der Waals surface area contributed by atoms with Crippen LogP contribution in [0.3, 0.4) is 0 Å². The normalized spacial score (nSPS) is 14.0. The lowest BCUT2D eigenvalue weighted by atomic mass is 10.2. The van der Waals surface area contributed by atoms with Crippen molar-refractivity contribution in [3.05, 3.63) is 17.6 Å². The van der Waals surface area contributed by atoms with Crippen LogP contribution in [0.15, 0.2) is 6.07 Å². The SMILES string of the molecule is CCCSP(=O)(OCC)SCc1cc(OCC)nc(C(C)C)n1. The zero-order valence-corrected chi connectivity index (χ0v) is 17.1. The fourth-order valence-electron chi connectivity index (χ4n) is 1.66. The largest absolute Gasteiger partial charge is 0.478 e. The Kier molecular flexibility index (Phi) is 9.59. The van der Waals surface area contributed by atoms with E-state index in [-0.39, 0.29) is 5.92 Å². The molecule has 1 aromatic heterocycles. The smallest absolute Gasteiger partial charge is 0.313 e. The molecule has 8 heteroatoms. The second-order valence-electron chi connectivity index (χ2n) is 5.12. The average molecular weight is 379 g/mol. The zero-order valence-electron chi connectivity index (χ0n) is 14.6. The van der Waals surface area contributed by atoms with Crippen LogP contribution in [-0.2, 0) is 14.8 Å². The topological polar surface area (TPSA) is 61.3 Å². The first kappa shape index (κ1) is 20.8. The number of hydrogen-bond acceptors (Lipinski definition) is 7. The van der Waals surface area contributed by atoms with Gasteiger partial charge in [-0.1, -0.05) is 43.5 Å². The van der Waals surface area contributed by atoms with Gasteiger partial charge < -0.3 is 9.26 Å². The molecule has 0 radical (unpaired) electrons. The molecule has 0 aliphatic heterocycles. The van der Waals surface area contributed by atoms with Gasteiger partial charge >= 0.3 is 5.77 Å². The third kappa shape index (κ3) is 7.46. The second kappa shape index (κ2) is 10.6. The van der Waals surface area contributed by atoms with Crippen molar-refractivity contribution in [3.63, 3.8) is 0 Å². The molecule has 0 amide bonds. The van der Waals surface area contributed by atoms with Crippen molar-refractivity contribution in [1.82, 2.24) is 9.97 Å². The summed E-state index contributed by atoms with van der Waals surface area (Å²) in [5.41, 5.74) is 0.828. The predicted molar refractivity (Wildman–Crippen MR) is 101 cm³/mol. The van der Waals surface area contributed by atoms with Gasteiger partial charge in [0, 0.05) is 23.5 Å². The zero-order chi connectivity index (χ0) is 17.3. The first-order valence-electron chi connectivity index (χ1n) is 7.98. The Hall–Kier alpha value is -0.230. The van der Waals surface area contributed by atoms with E-state index in [2.05, 4.69) is 16.9 Å². The minimum absolute atomic E-state index is 0.215. The Morgan fingerprint density at radius 3 is 2.48 bits per heavy atom. The number of aromatic nitrogens is 2. The first-order valence-corrected chi connectivity index (χ1v) is 12.8. The Balaban J connectivity index is 2.87. The van der Waals surface area contributed by atoms with E-state index in [1.807, 2.05) is 33.8 Å². The van der Waals surface area contributed by atoms with Gasteiger partial charge in [-0.2, -0.15) is 4.98 Å². The summed E-state index contributed by atoms with van der Waals surface area (Å²) in [6, 6.07) is 1.82. The lowest BCUT2D eigenvalue weighted by molar-refractivity contribution is 0.323. The summed E-state index contributed by atoms with van der Waals surface area (Å²) in [5.74, 6) is 0.157. The van der Waals surface area contributed by atoms with E-state index in [9.17, 15) is 4.57 Å². The molecule has 132 valence electrons. The van der Waals surface area contributed by atoms with Crippen LogP contribution in [0.25, 0.3) is 0 Å². The van der Waals surface area contributed by atoms with E-state index < -0.39 is 5.77 Å². The van der Waals surface area contributed by atoms with Crippen molar-refractivity contribution in [2.45, 2.75) is 52.7 Å². The van der Waals surface area contributed by atoms with Crippen LogP contribution in [0.1, 0.15) is 58.5 Å². The highest BCUT2D eigenvalue weighted by molar-refractivity contribution is 8.89. The van der Waals surface area contributed by atoms with Gasteiger partial charge in [0.2, 0.25) is 5.88 Å². The molecule has 0 aliphatic rings. The molecule has 0 aromatic carbocycles. The third-order valence-corrected chi connectivity index (χ3v) is 10.3. The van der Waals surface area contributed by atoms with Crippen molar-refractivity contribution in [3.8, 4) is 5.88 Å². The van der Waals surface area contributed by atoms with E-state index in [1.54, 1.807) is 0 Å². The van der Waals surface area contributed by atoms with Crippen LogP contribution in [-0.4, -0.2) is 28.9 Å². The fraction of sp³-hybridized carbons (Fsp3) is 0.733. The predicted octanol–water partition coefficient (Wildman–Crippen LogP) is 5.52. The number of rotatable bonds is 11. The maximum atomic E-state index is 12.8. The summed E-state index contributed by atoms with van der Waals surface area (Å²) in [6.07, 6.45) is 0.974. The summed E-state index contributed by atoms with van der Waals surface area (Å²) < 4.78 is 23.8. The molecule has 0 bridgehead atoms. The van der Waals surface area contributed by atoms with E-state index in [1.165, 1.54) is 22.8 Å². The molecule has 0 saturated heterocycles. The molecule has 1 rings (SSSR count). The molecule has 0 spiro atoms. The van der Waals surface area contributed by atoms with Crippen molar-refractivity contribution >= 4 is 28.5 Å². The number of hydrogen-bond donors (Lipinski definition) is 0. The molecule has 0 N–H and O–H groups in total. The molecule has 23 heavy (non-hydrogen) atoms. The maximum Gasteiger partial charge on any atom is 0.313 e. The summed E-state index contributed by atoms with van der Waals surface area (Å²) in [4.78, 5) is 8.97. The lowest BCUT2D eigenvalue weighted by Crippen LogP contribution is -2.04. The highest BCUT2D eigenvalue weighted by atomic mass is 33.1. The van der Waals surface area contributed by atoms with E-state index in [0.29, 0.717) is 24.8 Å². The molecule has 1 heterocycles. The molecular formula is C15H27N2O3PS2. The molecule has 1 atom stereocenters. The van der Waals surface area contributed by atoms with Crippen molar-refractivity contribution in [1.29, 1.82) is 0 Å². The Morgan fingerprint density at radius 2 is 1.91 bits per heavy atom. The summed E-state index contributed by atoms with van der Waals surface area (Å²) in [7, 11) is 0. The van der Waals surface area contributed by atoms with Gasteiger partial charge in [-0.3, -0.25) is 4.57 Å². The third-order valence-electron chi connectivity index (χ3n) is 2.69. The van der Waals surface area contributed by atoms with Gasteiger partial charge in [0.1, 0.15) is 5.82 Å². The molecule has 1 unspecified atom stereocenters. The van der Waals surface area contributed by atoms with E-state index in [4.69, 9.17) is 9.26 Å². The van der Waals surface area contributed by atoms with Crippen molar-refractivity contribution < 1.29 is 13.8 Å². The summed E-state index contributed by atoms with van der Waals surface area (Å²) >= 11 is 2.75. The molecule has 1 aromatic rings. The molecule has 0 fully saturated rings. The van der Waals surface area contributed by atoms with Gasteiger partial charge in [-0.05, 0) is 20.3 Å². The van der Waals surface area contributed by atoms with Gasteiger partial charge in [-0.25, -0.2) is 4.98 Å². The summed E-state index contributed by atoms with van der Waals surface area (Å²) in [5, 5.41) is 0. The molecule has 0 saturated carbocycles. The van der Waals surface area contributed by atoms with Crippen LogP contribution in [0.5, 0.6) is 5.88 Å². The molecular weight excluding hydrogens is 351 g/mol. The fourth-order valence-corrected chi connectivity index (χ4v) is 8.26. The van der Waals surface area contributed by atoms with Gasteiger partial charge in [0.25, 0.3) is 0 Å². The van der Waals surface area contributed by atoms with Crippen LogP contribution in [0.2, 0.25) is 0 Å². The lowest BCUT2D eigenvalue weighted by Gasteiger charge is -2.16. The van der Waals surface area contributed by atoms with E-state index >= 15 is 0 Å². The van der Waals surface area contributed by atoms with Crippen molar-refractivity contribution in [2.75, 3.05) is 19.0 Å². The molecule has 5 nitrogen and oxygen atoms in total. The van der Waals surface area contributed by atoms with Gasteiger partial charge in [-0.15, -0.1) is 0 Å². The van der Waals surface area contributed by atoms with Gasteiger partial charge in [0.15, 0.2) is 0 Å². The minimum Gasteiger partial charge on any atom is -0.478 e. The average Bonchev–Trinajstić information content (AvgIpc) is 2.51. The van der Waals surface area contributed by atoms with Crippen molar-refractivity contribution in [2.24, 2.45) is 0 Å². The van der Waals surface area contributed by atoms with Crippen LogP contribution < -0.4 is 4.74 Å². The summed E-state index contributed by atoms with van der Waals surface area (Å²) in [6.45, 7) is 11.0. The first-order chi connectivity index (χ1) is 10.9. The van der Waals surface area contributed by atoms with Crippen LogP contribution >= 0.6 is 28.5 Å². The molecule has 0 aliphatic carbocycles.